The minimum atomic E-state index is -2.58. The lowest BCUT2D eigenvalue weighted by molar-refractivity contribution is -0.178. The van der Waals surface area contributed by atoms with Crippen LogP contribution in [0.3, 0.4) is 0 Å². The number of rotatable bonds is 5. The van der Waals surface area contributed by atoms with E-state index >= 15 is 0 Å². The quantitative estimate of drug-likeness (QED) is 0.496. The van der Waals surface area contributed by atoms with Crippen LogP contribution in [0.25, 0.3) is 0 Å². The molecule has 0 unspecified atom stereocenters. The second-order valence-electron chi connectivity index (χ2n) is 10.9. The lowest BCUT2D eigenvalue weighted by Gasteiger charge is -2.51. The second-order valence-corrected chi connectivity index (χ2v) is 15.1. The minimum absolute atomic E-state index is 0.0498. The summed E-state index contributed by atoms with van der Waals surface area (Å²) in [5, 5.41) is 2.48. The molecular formula is C26H36O3Si. The van der Waals surface area contributed by atoms with E-state index in [0.717, 1.165) is 0 Å². The lowest BCUT2D eigenvalue weighted by Crippen LogP contribution is -2.69. The van der Waals surface area contributed by atoms with Gasteiger partial charge < -0.3 is 9.16 Å². The van der Waals surface area contributed by atoms with E-state index in [4.69, 9.17) is 9.16 Å². The lowest BCUT2D eigenvalue weighted by atomic mass is 9.68. The maximum Gasteiger partial charge on any atom is 0.312 e. The number of carbonyl (C=O) groups is 1. The van der Waals surface area contributed by atoms with E-state index in [0.29, 0.717) is 12.8 Å². The molecule has 1 saturated carbocycles. The summed E-state index contributed by atoms with van der Waals surface area (Å²) in [6.45, 7) is 14.6. The average molecular weight is 425 g/mol. The largest absolute Gasteiger partial charge is 0.460 e. The van der Waals surface area contributed by atoms with E-state index in [2.05, 4.69) is 81.4 Å². The van der Waals surface area contributed by atoms with E-state index in [1.807, 2.05) is 27.7 Å². The standard InChI is InChI=1S/C26H36O3Si/c1-24(2,3)28-23(27)26(7)18-20(19-26)29-30(25(4,5)6,21-14-10-8-11-15-21)22-16-12-9-13-17-22/h8-17,20H,18-19H2,1-7H3. The van der Waals surface area contributed by atoms with Gasteiger partial charge in [0.15, 0.2) is 0 Å². The predicted molar refractivity (Wildman–Crippen MR) is 126 cm³/mol. The van der Waals surface area contributed by atoms with E-state index in [1.54, 1.807) is 0 Å². The van der Waals surface area contributed by atoms with Gasteiger partial charge in [0, 0.05) is 6.10 Å². The van der Waals surface area contributed by atoms with Gasteiger partial charge in [0.1, 0.15) is 5.60 Å². The summed E-state index contributed by atoms with van der Waals surface area (Å²) >= 11 is 0. The molecule has 2 aromatic rings. The molecule has 0 N–H and O–H groups in total. The molecule has 0 bridgehead atoms. The van der Waals surface area contributed by atoms with E-state index in [9.17, 15) is 4.79 Å². The van der Waals surface area contributed by atoms with Gasteiger partial charge in [-0.2, -0.15) is 0 Å². The summed E-state index contributed by atoms with van der Waals surface area (Å²) in [7, 11) is -2.58. The van der Waals surface area contributed by atoms with Crippen molar-refractivity contribution in [2.45, 2.75) is 78.1 Å². The summed E-state index contributed by atoms with van der Waals surface area (Å²) in [6.07, 6.45) is 1.45. The molecule has 3 rings (SSSR count). The number of hydrogen-bond acceptors (Lipinski definition) is 3. The molecule has 1 fully saturated rings. The van der Waals surface area contributed by atoms with Crippen molar-refractivity contribution < 1.29 is 14.0 Å². The van der Waals surface area contributed by atoms with Crippen LogP contribution in [0.2, 0.25) is 5.04 Å². The highest BCUT2D eigenvalue weighted by molar-refractivity contribution is 6.99. The first-order valence-electron chi connectivity index (χ1n) is 10.9. The monoisotopic (exact) mass is 424 g/mol. The molecule has 3 nitrogen and oxygen atoms in total. The maximum absolute atomic E-state index is 12.7. The van der Waals surface area contributed by atoms with Crippen LogP contribution in [-0.2, 0) is 14.0 Å². The Morgan fingerprint density at radius 3 is 1.67 bits per heavy atom. The fourth-order valence-corrected chi connectivity index (χ4v) is 9.22. The third kappa shape index (κ3) is 4.40. The molecule has 0 radical (unpaired) electrons. The first kappa shape index (κ1) is 22.8. The van der Waals surface area contributed by atoms with Crippen molar-refractivity contribution in [3.63, 3.8) is 0 Å². The summed E-state index contributed by atoms with van der Waals surface area (Å²) in [5.74, 6) is -0.114. The smallest absolute Gasteiger partial charge is 0.312 e. The first-order valence-corrected chi connectivity index (χ1v) is 12.8. The van der Waals surface area contributed by atoms with E-state index in [-0.39, 0.29) is 17.1 Å². The number of carbonyl (C=O) groups excluding carboxylic acids is 1. The molecule has 0 aliphatic heterocycles. The molecule has 2 aromatic carbocycles. The van der Waals surface area contributed by atoms with Crippen LogP contribution < -0.4 is 10.4 Å². The van der Waals surface area contributed by atoms with Crippen molar-refractivity contribution in [3.8, 4) is 0 Å². The Hall–Kier alpha value is -1.91. The van der Waals surface area contributed by atoms with E-state index < -0.39 is 19.3 Å². The van der Waals surface area contributed by atoms with Crippen LogP contribution in [0.1, 0.15) is 61.3 Å². The van der Waals surface area contributed by atoms with Crippen LogP contribution in [0.15, 0.2) is 60.7 Å². The molecule has 1 aliphatic carbocycles. The fraction of sp³-hybridized carbons (Fsp3) is 0.500. The van der Waals surface area contributed by atoms with Crippen LogP contribution in [0, 0.1) is 5.41 Å². The van der Waals surface area contributed by atoms with Crippen molar-refractivity contribution in [2.75, 3.05) is 0 Å². The normalized spacial score (nSPS) is 22.3. The van der Waals surface area contributed by atoms with Crippen molar-refractivity contribution in [1.29, 1.82) is 0 Å². The molecule has 0 aromatic heterocycles. The highest BCUT2D eigenvalue weighted by Crippen LogP contribution is 2.48. The minimum Gasteiger partial charge on any atom is -0.460 e. The third-order valence-corrected chi connectivity index (χ3v) is 11.1. The predicted octanol–water partition coefficient (Wildman–Crippen LogP) is 5.07. The summed E-state index contributed by atoms with van der Waals surface area (Å²) in [5.41, 5.74) is -0.937. The SMILES string of the molecule is CC(C)(C)OC(=O)C1(C)CC(O[Si](c2ccccc2)(c2ccccc2)C(C)(C)C)C1. The van der Waals surface area contributed by atoms with Crippen LogP contribution in [0.4, 0.5) is 0 Å². The van der Waals surface area contributed by atoms with Crippen molar-refractivity contribution in [1.82, 2.24) is 0 Å². The van der Waals surface area contributed by atoms with Gasteiger partial charge in [0.2, 0.25) is 0 Å². The summed E-state index contributed by atoms with van der Waals surface area (Å²) < 4.78 is 12.8. The third-order valence-electron chi connectivity index (χ3n) is 6.01. The van der Waals surface area contributed by atoms with Crippen molar-refractivity contribution >= 4 is 24.7 Å². The maximum atomic E-state index is 12.7. The van der Waals surface area contributed by atoms with Gasteiger partial charge in [0.25, 0.3) is 8.32 Å². The van der Waals surface area contributed by atoms with Crippen LogP contribution in [-0.4, -0.2) is 26.0 Å². The highest BCUT2D eigenvalue weighted by atomic mass is 28.4. The van der Waals surface area contributed by atoms with Gasteiger partial charge >= 0.3 is 5.97 Å². The van der Waals surface area contributed by atoms with Gasteiger partial charge in [-0.05, 0) is 55.9 Å². The van der Waals surface area contributed by atoms with E-state index in [1.165, 1.54) is 10.4 Å². The zero-order valence-corrected chi connectivity index (χ0v) is 20.5. The topological polar surface area (TPSA) is 35.5 Å². The molecule has 30 heavy (non-hydrogen) atoms. The molecule has 0 saturated heterocycles. The zero-order chi connectivity index (χ0) is 22.2. The van der Waals surface area contributed by atoms with Crippen LogP contribution >= 0.6 is 0 Å². The van der Waals surface area contributed by atoms with Gasteiger partial charge in [-0.1, -0.05) is 81.4 Å². The summed E-state index contributed by atoms with van der Waals surface area (Å²) in [6, 6.07) is 21.3. The number of hydrogen-bond donors (Lipinski definition) is 0. The van der Waals surface area contributed by atoms with Gasteiger partial charge in [-0.3, -0.25) is 4.79 Å². The zero-order valence-electron chi connectivity index (χ0n) is 19.5. The highest BCUT2D eigenvalue weighted by Gasteiger charge is 2.56. The fourth-order valence-electron chi connectivity index (χ4n) is 4.54. The number of benzene rings is 2. The molecule has 0 heterocycles. The van der Waals surface area contributed by atoms with Gasteiger partial charge in [-0.25, -0.2) is 0 Å². The van der Waals surface area contributed by atoms with Gasteiger partial charge in [-0.15, -0.1) is 0 Å². The molecule has 0 amide bonds. The van der Waals surface area contributed by atoms with Crippen molar-refractivity contribution in [3.05, 3.63) is 60.7 Å². The first-order chi connectivity index (χ1) is 13.9. The molecular weight excluding hydrogens is 388 g/mol. The molecule has 162 valence electrons. The molecule has 1 aliphatic rings. The Morgan fingerprint density at radius 2 is 1.30 bits per heavy atom. The number of esters is 1. The Kier molecular flexibility index (Phi) is 6.05. The van der Waals surface area contributed by atoms with Crippen LogP contribution in [0.5, 0.6) is 0 Å². The Balaban J connectivity index is 1.93. The molecule has 4 heteroatoms. The van der Waals surface area contributed by atoms with Crippen molar-refractivity contribution in [2.24, 2.45) is 5.41 Å². The molecule has 0 atom stereocenters. The Labute approximate surface area is 182 Å². The second kappa shape index (κ2) is 7.97. The van der Waals surface area contributed by atoms with Gasteiger partial charge in [0.05, 0.1) is 5.41 Å². The average Bonchev–Trinajstić information content (AvgIpc) is 2.63. The molecule has 0 spiro atoms. The Bertz CT molecular complexity index is 817. The summed E-state index contributed by atoms with van der Waals surface area (Å²) in [4.78, 5) is 12.7. The number of ether oxygens (including phenoxy) is 1. The Morgan fingerprint density at radius 1 is 0.867 bits per heavy atom.